The Morgan fingerprint density at radius 2 is 1.84 bits per heavy atom. The molecule has 6 heteroatoms. The lowest BCUT2D eigenvalue weighted by molar-refractivity contribution is 0.0676. The summed E-state index contributed by atoms with van der Waals surface area (Å²) in [4.78, 5) is 19.3. The van der Waals surface area contributed by atoms with Crippen molar-refractivity contribution in [3.8, 4) is 0 Å². The number of para-hydroxylation sites is 1. The third kappa shape index (κ3) is 4.08. The monoisotopic (exact) mass is 381 g/mol. The third-order valence-corrected chi connectivity index (χ3v) is 5.36. The number of hydrogen-bond donors (Lipinski definition) is 1. The van der Waals surface area contributed by atoms with Crippen LogP contribution in [0, 0.1) is 5.92 Å². The summed E-state index contributed by atoms with van der Waals surface area (Å²) in [7, 11) is 0. The lowest BCUT2D eigenvalue weighted by atomic mass is 9.88. The van der Waals surface area contributed by atoms with E-state index in [9.17, 15) is 4.79 Å². The Morgan fingerprint density at radius 1 is 1.08 bits per heavy atom. The van der Waals surface area contributed by atoms with E-state index in [-0.39, 0.29) is 30.7 Å². The molecule has 0 saturated carbocycles. The van der Waals surface area contributed by atoms with Crippen LogP contribution in [0.15, 0.2) is 36.5 Å². The Labute approximate surface area is 161 Å². The molecule has 4 nitrogen and oxygen atoms in total. The van der Waals surface area contributed by atoms with Crippen LogP contribution >= 0.6 is 24.8 Å². The molecule has 0 bridgehead atoms. The smallest absolute Gasteiger partial charge is 0.256 e. The van der Waals surface area contributed by atoms with Gasteiger partial charge in [-0.1, -0.05) is 18.2 Å². The van der Waals surface area contributed by atoms with Crippen LogP contribution in [0.3, 0.4) is 0 Å². The number of nitrogens with one attached hydrogen (secondary N) is 1. The van der Waals surface area contributed by atoms with Crippen molar-refractivity contribution in [2.45, 2.75) is 31.7 Å². The molecule has 0 aliphatic carbocycles. The van der Waals surface area contributed by atoms with Crippen LogP contribution in [0.2, 0.25) is 0 Å². The molecule has 1 amide bonds. The summed E-state index contributed by atoms with van der Waals surface area (Å²) in [5, 5.41) is 4.64. The van der Waals surface area contributed by atoms with Crippen molar-refractivity contribution in [2.24, 2.45) is 5.92 Å². The second-order valence-electron chi connectivity index (χ2n) is 6.71. The number of fused-ring (bicyclic) bond motifs is 1. The molecule has 2 aliphatic heterocycles. The van der Waals surface area contributed by atoms with E-state index in [0.29, 0.717) is 6.04 Å². The number of nitrogens with zero attached hydrogens (tertiary/aromatic N) is 2. The lowest BCUT2D eigenvalue weighted by Crippen LogP contribution is -2.43. The molecule has 3 heterocycles. The zero-order valence-corrected chi connectivity index (χ0v) is 15.8. The van der Waals surface area contributed by atoms with Crippen molar-refractivity contribution >= 4 is 41.6 Å². The van der Waals surface area contributed by atoms with Gasteiger partial charge in [-0.2, -0.15) is 0 Å². The molecule has 1 N–H and O–H groups in total. The van der Waals surface area contributed by atoms with Gasteiger partial charge in [-0.25, -0.2) is 0 Å². The number of benzene rings is 1. The highest BCUT2D eigenvalue weighted by atomic mass is 35.5. The molecule has 4 rings (SSSR count). The van der Waals surface area contributed by atoms with Crippen LogP contribution < -0.4 is 5.32 Å². The average Bonchev–Trinajstić information content (AvgIpc) is 3.15. The fourth-order valence-electron chi connectivity index (χ4n) is 4.07. The maximum atomic E-state index is 12.9. The van der Waals surface area contributed by atoms with E-state index >= 15 is 0 Å². The van der Waals surface area contributed by atoms with Gasteiger partial charge in [0, 0.05) is 30.7 Å². The molecular formula is C19H25Cl2N3O. The highest BCUT2D eigenvalue weighted by Gasteiger charge is 2.30. The van der Waals surface area contributed by atoms with Gasteiger partial charge < -0.3 is 10.2 Å². The van der Waals surface area contributed by atoms with Crippen LogP contribution in [0.1, 0.15) is 36.0 Å². The van der Waals surface area contributed by atoms with E-state index in [4.69, 9.17) is 0 Å². The highest BCUT2D eigenvalue weighted by Crippen LogP contribution is 2.27. The number of halogens is 2. The predicted octanol–water partition coefficient (Wildman–Crippen LogP) is 3.68. The van der Waals surface area contributed by atoms with Crippen LogP contribution in [-0.2, 0) is 0 Å². The summed E-state index contributed by atoms with van der Waals surface area (Å²) < 4.78 is 0. The zero-order chi connectivity index (χ0) is 15.6. The van der Waals surface area contributed by atoms with Gasteiger partial charge in [0.05, 0.1) is 11.1 Å². The van der Waals surface area contributed by atoms with Gasteiger partial charge in [0.15, 0.2) is 0 Å². The van der Waals surface area contributed by atoms with Crippen LogP contribution in [0.4, 0.5) is 0 Å². The normalized spacial score (nSPS) is 20.8. The first-order valence-electron chi connectivity index (χ1n) is 8.69. The minimum Gasteiger partial charge on any atom is -0.339 e. The molecule has 2 saturated heterocycles. The summed E-state index contributed by atoms with van der Waals surface area (Å²) in [6.07, 6.45) is 6.58. The van der Waals surface area contributed by atoms with E-state index in [2.05, 4.69) is 10.3 Å². The van der Waals surface area contributed by atoms with Gasteiger partial charge in [-0.15, -0.1) is 24.8 Å². The average molecular weight is 382 g/mol. The summed E-state index contributed by atoms with van der Waals surface area (Å²) in [6, 6.07) is 10.5. The van der Waals surface area contributed by atoms with Crippen LogP contribution in [-0.4, -0.2) is 41.5 Å². The Bertz CT molecular complexity index is 705. The fourth-order valence-corrected chi connectivity index (χ4v) is 4.07. The van der Waals surface area contributed by atoms with Gasteiger partial charge in [-0.3, -0.25) is 9.78 Å². The minimum atomic E-state index is 0. The standard InChI is InChI=1S/C19H23N3O.2ClH/c23-19(16-6-1-4-15-5-2-11-21-18(15)16)22-12-8-14(9-13-22)17-7-3-10-20-17;;/h1-2,4-6,11,14,17,20H,3,7-10,12-13H2;2*1H. The molecule has 136 valence electrons. The van der Waals surface area contributed by atoms with Gasteiger partial charge in [0.1, 0.15) is 0 Å². The molecule has 1 aromatic carbocycles. The number of carbonyl (C=O) groups excluding carboxylic acids is 1. The SMILES string of the molecule is Cl.Cl.O=C(c1cccc2cccnc12)N1CCC(C2CCCN2)CC1. The van der Waals surface area contributed by atoms with Gasteiger partial charge >= 0.3 is 0 Å². The van der Waals surface area contributed by atoms with E-state index in [1.165, 1.54) is 12.8 Å². The number of aromatic nitrogens is 1. The molecule has 1 unspecified atom stereocenters. The van der Waals surface area contributed by atoms with Crippen molar-refractivity contribution in [1.82, 2.24) is 15.2 Å². The number of carbonyl (C=O) groups is 1. The van der Waals surface area contributed by atoms with Crippen LogP contribution in [0.25, 0.3) is 10.9 Å². The van der Waals surface area contributed by atoms with Crippen molar-refractivity contribution in [3.63, 3.8) is 0 Å². The maximum absolute atomic E-state index is 12.9. The maximum Gasteiger partial charge on any atom is 0.256 e. The van der Waals surface area contributed by atoms with Gasteiger partial charge in [0.2, 0.25) is 0 Å². The Hall–Kier alpha value is -1.36. The van der Waals surface area contributed by atoms with E-state index in [0.717, 1.165) is 54.9 Å². The minimum absolute atomic E-state index is 0. The lowest BCUT2D eigenvalue weighted by Gasteiger charge is -2.35. The highest BCUT2D eigenvalue weighted by molar-refractivity contribution is 6.05. The van der Waals surface area contributed by atoms with Crippen molar-refractivity contribution in [3.05, 3.63) is 42.1 Å². The summed E-state index contributed by atoms with van der Waals surface area (Å²) >= 11 is 0. The summed E-state index contributed by atoms with van der Waals surface area (Å²) in [6.45, 7) is 2.89. The number of rotatable bonds is 2. The third-order valence-electron chi connectivity index (χ3n) is 5.36. The van der Waals surface area contributed by atoms with Crippen molar-refractivity contribution < 1.29 is 4.79 Å². The molecule has 25 heavy (non-hydrogen) atoms. The molecular weight excluding hydrogens is 357 g/mol. The predicted molar refractivity (Wildman–Crippen MR) is 106 cm³/mol. The van der Waals surface area contributed by atoms with Gasteiger partial charge in [-0.05, 0) is 50.3 Å². The zero-order valence-electron chi connectivity index (χ0n) is 14.2. The first-order valence-corrected chi connectivity index (χ1v) is 8.69. The Balaban J connectivity index is 0.00000113. The van der Waals surface area contributed by atoms with Gasteiger partial charge in [0.25, 0.3) is 5.91 Å². The van der Waals surface area contributed by atoms with E-state index < -0.39 is 0 Å². The van der Waals surface area contributed by atoms with Crippen molar-refractivity contribution in [2.75, 3.05) is 19.6 Å². The molecule has 2 aromatic rings. The number of likely N-dealkylation sites (tertiary alicyclic amines) is 1. The Kier molecular flexibility index (Phi) is 7.05. The number of amides is 1. The second kappa shape index (κ2) is 8.84. The quantitative estimate of drug-likeness (QED) is 0.862. The second-order valence-corrected chi connectivity index (χ2v) is 6.71. The summed E-state index contributed by atoms with van der Waals surface area (Å²) in [5.41, 5.74) is 1.56. The number of hydrogen-bond acceptors (Lipinski definition) is 3. The number of pyridine rings is 1. The van der Waals surface area contributed by atoms with E-state index in [1.807, 2.05) is 35.2 Å². The molecule has 2 aliphatic rings. The topological polar surface area (TPSA) is 45.2 Å². The van der Waals surface area contributed by atoms with Crippen molar-refractivity contribution in [1.29, 1.82) is 0 Å². The molecule has 1 aromatic heterocycles. The first kappa shape index (κ1) is 20.0. The molecule has 1 atom stereocenters. The molecule has 0 spiro atoms. The first-order chi connectivity index (χ1) is 11.3. The van der Waals surface area contributed by atoms with Crippen LogP contribution in [0.5, 0.6) is 0 Å². The van der Waals surface area contributed by atoms with E-state index in [1.54, 1.807) is 6.20 Å². The molecule has 0 radical (unpaired) electrons. The summed E-state index contributed by atoms with van der Waals surface area (Å²) in [5.74, 6) is 0.860. The largest absolute Gasteiger partial charge is 0.339 e. The fraction of sp³-hybridized carbons (Fsp3) is 0.474. The number of piperidine rings is 1. The Morgan fingerprint density at radius 3 is 2.56 bits per heavy atom. The molecule has 2 fully saturated rings.